The summed E-state index contributed by atoms with van der Waals surface area (Å²) in [6.45, 7) is -0.859. The summed E-state index contributed by atoms with van der Waals surface area (Å²) in [5, 5.41) is 37.3. The van der Waals surface area contributed by atoms with E-state index < -0.39 is 30.9 Å². The van der Waals surface area contributed by atoms with Gasteiger partial charge in [-0.3, -0.25) is 0 Å². The molecule has 29 heavy (non-hydrogen) atoms. The molecule has 0 spiro atoms. The lowest BCUT2D eigenvalue weighted by Gasteiger charge is -2.13. The molecule has 0 unspecified atom stereocenters. The van der Waals surface area contributed by atoms with E-state index in [2.05, 4.69) is 16.6 Å². The summed E-state index contributed by atoms with van der Waals surface area (Å²) >= 11 is 0. The molecule has 8 heteroatoms. The van der Waals surface area contributed by atoms with E-state index in [9.17, 15) is 24.5 Å². The molecule has 0 heterocycles. The molecule has 0 bridgehead atoms. The Morgan fingerprint density at radius 2 is 1.72 bits per heavy atom. The van der Waals surface area contributed by atoms with Crippen molar-refractivity contribution in [3.05, 3.63) is 66.5 Å². The summed E-state index contributed by atoms with van der Waals surface area (Å²) in [4.78, 5) is 10.3. The number of aliphatic hydroxyl groups excluding tert-OH is 3. The van der Waals surface area contributed by atoms with Crippen molar-refractivity contribution in [1.29, 1.82) is 0 Å². The molecule has 0 saturated carbocycles. The van der Waals surface area contributed by atoms with Gasteiger partial charge in [0.25, 0.3) is 0 Å². The maximum absolute atomic E-state index is 12.8. The molecule has 3 atom stereocenters. The van der Waals surface area contributed by atoms with Gasteiger partial charge in [0.15, 0.2) is 0 Å². The standard InChI is InChI=1S/C21H23FO7/c22-16-9-11-18(12-10-16)29-13-17(23)7-5-3-1-2-4-6-8-19(24)20(25)14-28-15-21(26)27/h2,4-12,17,19-20,23-25H,13-15H2,(H,26,27)/t17-,19-,20+/m1/s1. The van der Waals surface area contributed by atoms with E-state index in [1.807, 2.05) is 0 Å². The quantitative estimate of drug-likeness (QED) is 0.321. The predicted octanol–water partition coefficient (Wildman–Crippen LogP) is 1.06. The molecule has 4 N–H and O–H groups in total. The van der Waals surface area contributed by atoms with Crippen molar-refractivity contribution in [2.24, 2.45) is 0 Å². The highest BCUT2D eigenvalue weighted by molar-refractivity contribution is 5.67. The van der Waals surface area contributed by atoms with Crippen LogP contribution in [-0.4, -0.2) is 64.5 Å². The summed E-state index contributed by atoms with van der Waals surface area (Å²) in [6.07, 6.45) is 5.35. The third-order valence-electron chi connectivity index (χ3n) is 3.23. The number of hydrogen-bond donors (Lipinski definition) is 4. The van der Waals surface area contributed by atoms with E-state index in [-0.39, 0.29) is 19.0 Å². The molecule has 1 aromatic carbocycles. The van der Waals surface area contributed by atoms with Gasteiger partial charge in [0.1, 0.15) is 43.1 Å². The highest BCUT2D eigenvalue weighted by atomic mass is 19.1. The number of rotatable bonds is 11. The van der Waals surface area contributed by atoms with Gasteiger partial charge in [0.2, 0.25) is 0 Å². The number of halogens is 1. The van der Waals surface area contributed by atoms with Crippen molar-refractivity contribution in [2.45, 2.75) is 18.3 Å². The monoisotopic (exact) mass is 406 g/mol. The van der Waals surface area contributed by atoms with Crippen molar-refractivity contribution >= 4 is 5.97 Å². The summed E-state index contributed by atoms with van der Waals surface area (Å²) in [5.41, 5.74) is 0. The van der Waals surface area contributed by atoms with E-state index in [0.29, 0.717) is 5.75 Å². The number of ether oxygens (including phenoxy) is 2. The molecule has 0 aromatic heterocycles. The smallest absolute Gasteiger partial charge is 0.329 e. The number of benzene rings is 1. The first-order valence-corrected chi connectivity index (χ1v) is 8.61. The van der Waals surface area contributed by atoms with Crippen LogP contribution in [0.2, 0.25) is 0 Å². The van der Waals surface area contributed by atoms with Gasteiger partial charge in [0, 0.05) is 0 Å². The number of carbonyl (C=O) groups is 1. The summed E-state index contributed by atoms with van der Waals surface area (Å²) in [6, 6.07) is 5.44. The maximum Gasteiger partial charge on any atom is 0.329 e. The normalized spacial score (nSPS) is 14.6. The highest BCUT2D eigenvalue weighted by Crippen LogP contribution is 2.11. The topological polar surface area (TPSA) is 116 Å². The van der Waals surface area contributed by atoms with E-state index in [0.717, 1.165) is 0 Å². The molecule has 0 radical (unpaired) electrons. The molecule has 0 amide bonds. The Morgan fingerprint density at radius 1 is 1.03 bits per heavy atom. The fourth-order valence-electron chi connectivity index (χ4n) is 1.80. The van der Waals surface area contributed by atoms with Crippen molar-refractivity contribution < 1.29 is 39.1 Å². The summed E-state index contributed by atoms with van der Waals surface area (Å²) in [5.74, 6) is 4.26. The number of allylic oxidation sites excluding steroid dienone is 4. The number of aliphatic hydroxyl groups is 3. The van der Waals surface area contributed by atoms with Gasteiger partial charge >= 0.3 is 5.97 Å². The largest absolute Gasteiger partial charge is 0.491 e. The molecule has 156 valence electrons. The number of aliphatic carboxylic acids is 1. The lowest BCUT2D eigenvalue weighted by Crippen LogP contribution is -2.29. The van der Waals surface area contributed by atoms with Gasteiger partial charge in [-0.05, 0) is 42.5 Å². The molecule has 1 rings (SSSR count). The molecule has 0 saturated heterocycles. The maximum atomic E-state index is 12.8. The van der Waals surface area contributed by atoms with Gasteiger partial charge in [-0.2, -0.15) is 0 Å². The van der Waals surface area contributed by atoms with Crippen molar-refractivity contribution in [3.8, 4) is 17.6 Å². The number of carboxylic acid groups (broad SMARTS) is 1. The van der Waals surface area contributed by atoms with Crippen molar-refractivity contribution in [3.63, 3.8) is 0 Å². The van der Waals surface area contributed by atoms with E-state index in [1.165, 1.54) is 60.7 Å². The zero-order valence-corrected chi connectivity index (χ0v) is 15.5. The Labute approximate surface area is 168 Å². The van der Waals surface area contributed by atoms with Crippen LogP contribution in [0.1, 0.15) is 0 Å². The molecular weight excluding hydrogens is 383 g/mol. The van der Waals surface area contributed by atoms with E-state index in [4.69, 9.17) is 9.84 Å². The fourth-order valence-corrected chi connectivity index (χ4v) is 1.80. The second-order valence-corrected chi connectivity index (χ2v) is 5.69. The molecule has 0 aliphatic rings. The average Bonchev–Trinajstić information content (AvgIpc) is 2.69. The summed E-state index contributed by atoms with van der Waals surface area (Å²) in [7, 11) is 0. The van der Waals surface area contributed by atoms with Gasteiger partial charge in [0.05, 0.1) is 6.61 Å². The van der Waals surface area contributed by atoms with Crippen LogP contribution in [0.4, 0.5) is 4.39 Å². The fraction of sp³-hybridized carbons (Fsp3) is 0.286. The molecule has 0 aliphatic carbocycles. The minimum atomic E-state index is -1.24. The van der Waals surface area contributed by atoms with Gasteiger partial charge in [-0.25, -0.2) is 9.18 Å². The second-order valence-electron chi connectivity index (χ2n) is 5.69. The number of carboxylic acids is 1. The van der Waals surface area contributed by atoms with Crippen molar-refractivity contribution in [2.75, 3.05) is 19.8 Å². The van der Waals surface area contributed by atoms with Crippen LogP contribution in [0.25, 0.3) is 0 Å². The lowest BCUT2D eigenvalue weighted by atomic mass is 10.2. The Balaban J connectivity index is 2.27. The lowest BCUT2D eigenvalue weighted by molar-refractivity contribution is -0.143. The van der Waals surface area contributed by atoms with Gasteiger partial charge in [-0.15, -0.1) is 0 Å². The Kier molecular flexibility index (Phi) is 11.7. The van der Waals surface area contributed by atoms with E-state index >= 15 is 0 Å². The average molecular weight is 406 g/mol. The minimum absolute atomic E-state index is 0.00121. The van der Waals surface area contributed by atoms with Gasteiger partial charge < -0.3 is 29.9 Å². The Morgan fingerprint density at radius 3 is 2.41 bits per heavy atom. The SMILES string of the molecule is O=C(O)COC[C@H](O)[C@H](O)C=CC=CC#CC=C[C@@H](O)COc1ccc(F)cc1. The van der Waals surface area contributed by atoms with Crippen LogP contribution < -0.4 is 4.74 Å². The first kappa shape index (κ1) is 24.1. The van der Waals surface area contributed by atoms with Gasteiger partial charge in [-0.1, -0.05) is 30.1 Å². The first-order chi connectivity index (χ1) is 13.9. The van der Waals surface area contributed by atoms with Crippen molar-refractivity contribution in [1.82, 2.24) is 0 Å². The molecule has 1 aromatic rings. The molecule has 7 nitrogen and oxygen atoms in total. The van der Waals surface area contributed by atoms with E-state index in [1.54, 1.807) is 0 Å². The first-order valence-electron chi connectivity index (χ1n) is 8.61. The zero-order valence-electron chi connectivity index (χ0n) is 15.5. The predicted molar refractivity (Wildman–Crippen MR) is 104 cm³/mol. The zero-order chi connectivity index (χ0) is 21.5. The van der Waals surface area contributed by atoms with Crippen LogP contribution in [0.15, 0.2) is 60.7 Å². The van der Waals surface area contributed by atoms with Crippen LogP contribution >= 0.6 is 0 Å². The van der Waals surface area contributed by atoms with Crippen LogP contribution in [-0.2, 0) is 9.53 Å². The third kappa shape index (κ3) is 12.2. The minimum Gasteiger partial charge on any atom is -0.491 e. The third-order valence-corrected chi connectivity index (χ3v) is 3.23. The Bertz CT molecular complexity index is 759. The van der Waals surface area contributed by atoms with Crippen LogP contribution in [0.3, 0.4) is 0 Å². The molecular formula is C21H23FO7. The number of hydrogen-bond acceptors (Lipinski definition) is 6. The van der Waals surface area contributed by atoms with Crippen LogP contribution in [0, 0.1) is 17.7 Å². The highest BCUT2D eigenvalue weighted by Gasteiger charge is 2.13. The second kappa shape index (κ2) is 14.1. The summed E-state index contributed by atoms with van der Waals surface area (Å²) < 4.78 is 22.7. The molecule has 0 aliphatic heterocycles. The van der Waals surface area contributed by atoms with Crippen LogP contribution in [0.5, 0.6) is 5.75 Å². The Hall–Kier alpha value is -2.96. The molecule has 0 fully saturated rings.